The molecule has 12 heavy (non-hydrogen) atoms. The van der Waals surface area contributed by atoms with Crippen molar-refractivity contribution in [2.45, 2.75) is 39.2 Å². The SMILES string of the molecule is CCCn1c2c(sc1=S)CCC2. The number of nitrogens with zero attached hydrogens (tertiary/aromatic N) is 1. The second-order valence-corrected chi connectivity index (χ2v) is 4.97. The third-order valence-electron chi connectivity index (χ3n) is 2.34. The Kier molecular flexibility index (Phi) is 2.33. The molecule has 1 aliphatic carbocycles. The third kappa shape index (κ3) is 1.25. The molecule has 66 valence electrons. The molecular weight excluding hydrogens is 186 g/mol. The van der Waals surface area contributed by atoms with Gasteiger partial charge in [-0.25, -0.2) is 0 Å². The summed E-state index contributed by atoms with van der Waals surface area (Å²) in [5.74, 6) is 0. The predicted octanol–water partition coefficient (Wildman–Crippen LogP) is 3.18. The Hall–Kier alpha value is -0.150. The number of hydrogen-bond donors (Lipinski definition) is 0. The van der Waals surface area contributed by atoms with E-state index in [0.29, 0.717) is 0 Å². The van der Waals surface area contributed by atoms with Crippen LogP contribution in [0.5, 0.6) is 0 Å². The first kappa shape index (κ1) is 8.45. The smallest absolute Gasteiger partial charge is 0.161 e. The van der Waals surface area contributed by atoms with Crippen LogP contribution in [0.1, 0.15) is 30.3 Å². The predicted molar refractivity (Wildman–Crippen MR) is 55.5 cm³/mol. The van der Waals surface area contributed by atoms with E-state index in [-0.39, 0.29) is 0 Å². The largest absolute Gasteiger partial charge is 0.327 e. The summed E-state index contributed by atoms with van der Waals surface area (Å²) in [7, 11) is 0. The second-order valence-electron chi connectivity index (χ2n) is 3.24. The van der Waals surface area contributed by atoms with Crippen LogP contribution in [-0.2, 0) is 19.4 Å². The minimum Gasteiger partial charge on any atom is -0.327 e. The summed E-state index contributed by atoms with van der Waals surface area (Å²) < 4.78 is 3.42. The van der Waals surface area contributed by atoms with Gasteiger partial charge in [0.05, 0.1) is 0 Å². The minimum absolute atomic E-state index is 1.08. The van der Waals surface area contributed by atoms with Crippen LogP contribution in [0.25, 0.3) is 0 Å². The van der Waals surface area contributed by atoms with Crippen molar-refractivity contribution in [1.82, 2.24) is 4.57 Å². The normalized spacial score (nSPS) is 15.1. The van der Waals surface area contributed by atoms with E-state index >= 15 is 0 Å². The molecule has 1 nitrogen and oxygen atoms in total. The van der Waals surface area contributed by atoms with Crippen molar-refractivity contribution < 1.29 is 0 Å². The first-order valence-electron chi connectivity index (χ1n) is 4.54. The number of rotatable bonds is 2. The first-order valence-corrected chi connectivity index (χ1v) is 5.76. The van der Waals surface area contributed by atoms with Gasteiger partial charge in [0, 0.05) is 17.1 Å². The zero-order valence-corrected chi connectivity index (χ0v) is 8.93. The molecule has 0 N–H and O–H groups in total. The van der Waals surface area contributed by atoms with Crippen LogP contribution in [0.3, 0.4) is 0 Å². The fourth-order valence-corrected chi connectivity index (χ4v) is 3.42. The lowest BCUT2D eigenvalue weighted by Gasteiger charge is -2.03. The summed E-state index contributed by atoms with van der Waals surface area (Å²) in [6.07, 6.45) is 5.04. The van der Waals surface area contributed by atoms with Gasteiger partial charge in [-0.3, -0.25) is 0 Å². The molecule has 1 aliphatic rings. The highest BCUT2D eigenvalue weighted by Gasteiger charge is 2.17. The van der Waals surface area contributed by atoms with Crippen LogP contribution in [0.2, 0.25) is 0 Å². The van der Waals surface area contributed by atoms with Crippen LogP contribution in [0.4, 0.5) is 0 Å². The molecule has 0 aliphatic heterocycles. The number of aryl methyl sites for hydroxylation is 1. The summed E-state index contributed by atoms with van der Waals surface area (Å²) in [6.45, 7) is 3.32. The molecular formula is C9H13NS2. The summed E-state index contributed by atoms with van der Waals surface area (Å²) in [6, 6.07) is 0. The molecule has 0 saturated heterocycles. The molecule has 0 aromatic carbocycles. The van der Waals surface area contributed by atoms with Gasteiger partial charge in [0.2, 0.25) is 0 Å². The Morgan fingerprint density at radius 2 is 2.33 bits per heavy atom. The third-order valence-corrected chi connectivity index (χ3v) is 3.89. The van der Waals surface area contributed by atoms with Crippen molar-refractivity contribution in [1.29, 1.82) is 0 Å². The first-order chi connectivity index (χ1) is 5.83. The van der Waals surface area contributed by atoms with E-state index in [1.807, 2.05) is 11.3 Å². The Balaban J connectivity index is 2.45. The summed E-state index contributed by atoms with van der Waals surface area (Å²) >= 11 is 7.13. The topological polar surface area (TPSA) is 4.93 Å². The number of hydrogen-bond acceptors (Lipinski definition) is 2. The maximum Gasteiger partial charge on any atom is 0.161 e. The Labute approximate surface area is 82.0 Å². The highest BCUT2D eigenvalue weighted by atomic mass is 32.1. The van der Waals surface area contributed by atoms with Crippen LogP contribution in [0.15, 0.2) is 0 Å². The van der Waals surface area contributed by atoms with Crippen LogP contribution in [0, 0.1) is 3.95 Å². The van der Waals surface area contributed by atoms with Gasteiger partial charge in [0.15, 0.2) is 3.95 Å². The molecule has 0 bridgehead atoms. The van der Waals surface area contributed by atoms with E-state index in [9.17, 15) is 0 Å². The monoisotopic (exact) mass is 199 g/mol. The molecule has 1 aromatic rings. The number of thiazole rings is 1. The second kappa shape index (κ2) is 3.30. The molecule has 0 amide bonds. The fourth-order valence-electron chi connectivity index (χ4n) is 1.82. The van der Waals surface area contributed by atoms with Gasteiger partial charge in [0.25, 0.3) is 0 Å². The average molecular weight is 199 g/mol. The lowest BCUT2D eigenvalue weighted by molar-refractivity contribution is 0.647. The Morgan fingerprint density at radius 1 is 1.50 bits per heavy atom. The van der Waals surface area contributed by atoms with Crippen LogP contribution in [-0.4, -0.2) is 4.57 Å². The van der Waals surface area contributed by atoms with Crippen LogP contribution < -0.4 is 0 Å². The fraction of sp³-hybridized carbons (Fsp3) is 0.667. The lowest BCUT2D eigenvalue weighted by atomic mass is 10.3. The zero-order valence-electron chi connectivity index (χ0n) is 7.30. The van der Waals surface area contributed by atoms with E-state index < -0.39 is 0 Å². The summed E-state index contributed by atoms with van der Waals surface area (Å²) in [4.78, 5) is 1.55. The number of aromatic nitrogens is 1. The Bertz CT molecular complexity index is 335. The van der Waals surface area contributed by atoms with Crippen molar-refractivity contribution in [2.24, 2.45) is 0 Å². The molecule has 1 heterocycles. The van der Waals surface area contributed by atoms with Gasteiger partial charge in [-0.15, -0.1) is 11.3 Å². The lowest BCUT2D eigenvalue weighted by Crippen LogP contribution is -2.00. The van der Waals surface area contributed by atoms with Crippen molar-refractivity contribution in [3.8, 4) is 0 Å². The number of fused-ring (bicyclic) bond motifs is 1. The average Bonchev–Trinajstić information content (AvgIpc) is 2.56. The minimum atomic E-state index is 1.08. The van der Waals surface area contributed by atoms with Crippen molar-refractivity contribution in [3.05, 3.63) is 14.5 Å². The zero-order chi connectivity index (χ0) is 8.55. The molecule has 0 spiro atoms. The maximum atomic E-state index is 5.31. The van der Waals surface area contributed by atoms with Gasteiger partial charge in [-0.05, 0) is 37.9 Å². The van der Waals surface area contributed by atoms with Gasteiger partial charge in [-0.2, -0.15) is 0 Å². The van der Waals surface area contributed by atoms with Gasteiger partial charge >= 0.3 is 0 Å². The summed E-state index contributed by atoms with van der Waals surface area (Å²) in [5.41, 5.74) is 1.53. The maximum absolute atomic E-state index is 5.31. The van der Waals surface area contributed by atoms with E-state index in [4.69, 9.17) is 12.2 Å². The van der Waals surface area contributed by atoms with Crippen LogP contribution >= 0.6 is 23.6 Å². The molecule has 2 rings (SSSR count). The molecule has 1 aromatic heterocycles. The van der Waals surface area contributed by atoms with Gasteiger partial charge < -0.3 is 4.57 Å². The summed E-state index contributed by atoms with van der Waals surface area (Å²) in [5, 5.41) is 0. The van der Waals surface area contributed by atoms with Crippen molar-refractivity contribution in [3.63, 3.8) is 0 Å². The molecule has 0 radical (unpaired) electrons. The highest BCUT2D eigenvalue weighted by Crippen LogP contribution is 2.28. The van der Waals surface area contributed by atoms with E-state index in [1.54, 1.807) is 4.88 Å². The Morgan fingerprint density at radius 3 is 3.08 bits per heavy atom. The van der Waals surface area contributed by atoms with Crippen molar-refractivity contribution in [2.75, 3.05) is 0 Å². The van der Waals surface area contributed by atoms with E-state index in [2.05, 4.69) is 11.5 Å². The molecule has 0 fully saturated rings. The quantitative estimate of drug-likeness (QED) is 0.662. The standard InChI is InChI=1S/C9H13NS2/c1-2-6-10-7-4-3-5-8(7)12-9(10)11/h2-6H2,1H3. The molecule has 0 saturated carbocycles. The molecule has 0 atom stereocenters. The van der Waals surface area contributed by atoms with E-state index in [1.165, 1.54) is 31.4 Å². The van der Waals surface area contributed by atoms with Gasteiger partial charge in [-0.1, -0.05) is 6.92 Å². The van der Waals surface area contributed by atoms with Gasteiger partial charge in [0.1, 0.15) is 0 Å². The molecule has 0 unspecified atom stereocenters. The van der Waals surface area contributed by atoms with E-state index in [0.717, 1.165) is 10.5 Å². The van der Waals surface area contributed by atoms with Crippen molar-refractivity contribution >= 4 is 23.6 Å². The highest BCUT2D eigenvalue weighted by molar-refractivity contribution is 7.73. The molecule has 3 heteroatoms.